The van der Waals surface area contributed by atoms with E-state index in [2.05, 4.69) is 15.9 Å². The molecule has 0 fully saturated rings. The smallest absolute Gasteiger partial charge is 0.190 e. The van der Waals surface area contributed by atoms with Gasteiger partial charge in [-0.15, -0.1) is 0 Å². The number of rotatable bonds is 7. The van der Waals surface area contributed by atoms with E-state index in [1.54, 1.807) is 7.11 Å². The van der Waals surface area contributed by atoms with Crippen LogP contribution in [0.2, 0.25) is 0 Å². The molecule has 0 N–H and O–H groups in total. The van der Waals surface area contributed by atoms with Gasteiger partial charge in [-0.05, 0) is 24.1 Å². The van der Waals surface area contributed by atoms with E-state index in [-0.39, 0.29) is 18.3 Å². The molecule has 4 atom stereocenters. The van der Waals surface area contributed by atoms with E-state index in [1.807, 2.05) is 73.7 Å². The second-order valence-corrected chi connectivity index (χ2v) is 7.40. The molecule has 4 nitrogen and oxygen atoms in total. The van der Waals surface area contributed by atoms with Gasteiger partial charge in [0, 0.05) is 11.6 Å². The maximum atomic E-state index is 6.23. The highest BCUT2D eigenvalue weighted by molar-refractivity contribution is 9.11. The normalized spacial score (nSPS) is 25.7. The average molecular weight is 433 g/mol. The molecule has 0 aliphatic carbocycles. The first-order chi connectivity index (χ1) is 13.2. The van der Waals surface area contributed by atoms with Crippen molar-refractivity contribution in [3.63, 3.8) is 0 Å². The zero-order chi connectivity index (χ0) is 19.1. The van der Waals surface area contributed by atoms with Crippen LogP contribution in [0, 0.1) is 0 Å². The molecule has 144 valence electrons. The molecule has 27 heavy (non-hydrogen) atoms. The molecule has 2 aromatic carbocycles. The summed E-state index contributed by atoms with van der Waals surface area (Å²) in [5, 5.41) is 0. The number of ether oxygens (including phenoxy) is 4. The quantitative estimate of drug-likeness (QED) is 0.627. The summed E-state index contributed by atoms with van der Waals surface area (Å²) in [4.78, 5) is 0. The van der Waals surface area contributed by atoms with Gasteiger partial charge in [-0.3, -0.25) is 0 Å². The van der Waals surface area contributed by atoms with Crippen LogP contribution in [0.1, 0.15) is 18.1 Å². The van der Waals surface area contributed by atoms with Crippen molar-refractivity contribution < 1.29 is 18.9 Å². The topological polar surface area (TPSA) is 36.9 Å². The Morgan fingerprint density at radius 2 is 1.44 bits per heavy atom. The Hall–Kier alpha value is -1.50. The van der Waals surface area contributed by atoms with Gasteiger partial charge in [0.15, 0.2) is 6.29 Å². The second kappa shape index (κ2) is 10.2. The summed E-state index contributed by atoms with van der Waals surface area (Å²) < 4.78 is 24.7. The van der Waals surface area contributed by atoms with E-state index < -0.39 is 6.29 Å². The maximum absolute atomic E-state index is 6.23. The molecule has 0 amide bonds. The molecule has 0 saturated heterocycles. The Kier molecular flexibility index (Phi) is 7.61. The molecular formula is C22H25BrO4. The lowest BCUT2D eigenvalue weighted by Gasteiger charge is -2.29. The first-order valence-electron chi connectivity index (χ1n) is 9.04. The molecule has 0 saturated carbocycles. The fourth-order valence-electron chi connectivity index (χ4n) is 3.01. The van der Waals surface area contributed by atoms with Crippen molar-refractivity contribution in [2.24, 2.45) is 0 Å². The Labute approximate surface area is 169 Å². The third kappa shape index (κ3) is 5.74. The molecule has 2 aromatic rings. The van der Waals surface area contributed by atoms with Crippen molar-refractivity contribution in [2.45, 2.75) is 44.7 Å². The Balaban J connectivity index is 1.74. The lowest BCUT2D eigenvalue weighted by atomic mass is 10.1. The minimum Gasteiger partial charge on any atom is -0.368 e. The molecule has 0 aromatic heterocycles. The molecular weight excluding hydrogens is 408 g/mol. The van der Waals surface area contributed by atoms with Crippen LogP contribution < -0.4 is 0 Å². The molecule has 0 radical (unpaired) electrons. The van der Waals surface area contributed by atoms with E-state index in [0.717, 1.165) is 15.6 Å². The summed E-state index contributed by atoms with van der Waals surface area (Å²) >= 11 is 3.56. The van der Waals surface area contributed by atoms with Gasteiger partial charge in [0.2, 0.25) is 0 Å². The van der Waals surface area contributed by atoms with Crippen molar-refractivity contribution in [3.8, 4) is 0 Å². The minimum absolute atomic E-state index is 0.203. The monoisotopic (exact) mass is 432 g/mol. The van der Waals surface area contributed by atoms with E-state index in [0.29, 0.717) is 13.2 Å². The molecule has 1 unspecified atom stereocenters. The number of benzene rings is 2. The standard InChI is InChI=1S/C22H25BrO4/c1-16-21(26-15-18-11-7-4-8-12-18)20(13-19(23)22(24-2)27-16)25-14-17-9-5-3-6-10-17/h3-13,16,20-22H,14-15H2,1-2H3/t16-,20-,21-,22?/m0/s1. The number of methoxy groups -OCH3 is 1. The summed E-state index contributed by atoms with van der Waals surface area (Å²) in [6.45, 7) is 2.98. The van der Waals surface area contributed by atoms with Gasteiger partial charge in [-0.1, -0.05) is 76.6 Å². The highest BCUT2D eigenvalue weighted by Gasteiger charge is 2.34. The maximum Gasteiger partial charge on any atom is 0.190 e. The number of halogens is 1. The van der Waals surface area contributed by atoms with Crippen LogP contribution >= 0.6 is 15.9 Å². The zero-order valence-electron chi connectivity index (χ0n) is 15.6. The summed E-state index contributed by atoms with van der Waals surface area (Å²) in [6.07, 6.45) is 0.787. The predicted octanol–water partition coefficient (Wildman–Crippen LogP) is 4.83. The summed E-state index contributed by atoms with van der Waals surface area (Å²) in [5.74, 6) is 0. The Morgan fingerprint density at radius 1 is 0.889 bits per heavy atom. The van der Waals surface area contributed by atoms with Gasteiger partial charge in [0.1, 0.15) is 12.2 Å². The van der Waals surface area contributed by atoms with Gasteiger partial charge < -0.3 is 18.9 Å². The van der Waals surface area contributed by atoms with Gasteiger partial charge in [0.05, 0.1) is 19.3 Å². The molecule has 1 heterocycles. The molecule has 5 heteroatoms. The van der Waals surface area contributed by atoms with E-state index in [9.17, 15) is 0 Å². The van der Waals surface area contributed by atoms with Crippen molar-refractivity contribution in [1.82, 2.24) is 0 Å². The first kappa shape index (κ1) is 20.2. The van der Waals surface area contributed by atoms with Crippen molar-refractivity contribution in [2.75, 3.05) is 7.11 Å². The molecule has 1 aliphatic heterocycles. The van der Waals surface area contributed by atoms with Crippen LogP contribution in [0.15, 0.2) is 71.2 Å². The van der Waals surface area contributed by atoms with Crippen molar-refractivity contribution in [3.05, 3.63) is 82.3 Å². The summed E-state index contributed by atoms with van der Waals surface area (Å²) in [7, 11) is 1.62. The molecule has 1 aliphatic rings. The van der Waals surface area contributed by atoms with Gasteiger partial charge in [-0.2, -0.15) is 0 Å². The average Bonchev–Trinajstić information content (AvgIpc) is 2.82. The van der Waals surface area contributed by atoms with Crippen LogP contribution in [0.25, 0.3) is 0 Å². The van der Waals surface area contributed by atoms with Crippen molar-refractivity contribution in [1.29, 1.82) is 0 Å². The highest BCUT2D eigenvalue weighted by Crippen LogP contribution is 2.28. The van der Waals surface area contributed by atoms with Crippen LogP contribution in [0.4, 0.5) is 0 Å². The fourth-order valence-corrected chi connectivity index (χ4v) is 3.57. The lowest BCUT2D eigenvalue weighted by Crippen LogP contribution is -2.40. The third-order valence-electron chi connectivity index (χ3n) is 4.46. The number of hydrogen-bond acceptors (Lipinski definition) is 4. The number of hydrogen-bond donors (Lipinski definition) is 0. The Bertz CT molecular complexity index is 720. The van der Waals surface area contributed by atoms with Gasteiger partial charge >= 0.3 is 0 Å². The van der Waals surface area contributed by atoms with Gasteiger partial charge in [0.25, 0.3) is 0 Å². The van der Waals surface area contributed by atoms with Crippen molar-refractivity contribution >= 4 is 15.9 Å². The highest BCUT2D eigenvalue weighted by atomic mass is 79.9. The van der Waals surface area contributed by atoms with Crippen LogP contribution in [0.5, 0.6) is 0 Å². The Morgan fingerprint density at radius 3 is 2.00 bits per heavy atom. The van der Waals surface area contributed by atoms with E-state index >= 15 is 0 Å². The summed E-state index contributed by atoms with van der Waals surface area (Å²) in [6, 6.07) is 20.2. The molecule has 3 rings (SSSR count). The third-order valence-corrected chi connectivity index (χ3v) is 5.10. The zero-order valence-corrected chi connectivity index (χ0v) is 17.2. The lowest BCUT2D eigenvalue weighted by molar-refractivity contribution is -0.177. The van der Waals surface area contributed by atoms with E-state index in [4.69, 9.17) is 18.9 Å². The fraction of sp³-hybridized carbons (Fsp3) is 0.364. The van der Waals surface area contributed by atoms with Gasteiger partial charge in [-0.25, -0.2) is 0 Å². The van der Waals surface area contributed by atoms with Crippen LogP contribution in [-0.4, -0.2) is 31.7 Å². The van der Waals surface area contributed by atoms with E-state index in [1.165, 1.54) is 0 Å². The SMILES string of the molecule is COC1O[C@@H](C)[C@H](OCc2ccccc2)[C@@H](OCc2ccccc2)C=C1Br. The molecule has 0 bridgehead atoms. The predicted molar refractivity (Wildman–Crippen MR) is 108 cm³/mol. The minimum atomic E-state index is -0.465. The largest absolute Gasteiger partial charge is 0.368 e. The summed E-state index contributed by atoms with van der Waals surface area (Å²) in [5.41, 5.74) is 2.23. The van der Waals surface area contributed by atoms with Crippen LogP contribution in [-0.2, 0) is 32.2 Å². The first-order valence-corrected chi connectivity index (χ1v) is 9.83. The van der Waals surface area contributed by atoms with Crippen LogP contribution in [0.3, 0.4) is 0 Å². The second-order valence-electron chi connectivity index (χ2n) is 6.48. The molecule has 0 spiro atoms.